The lowest BCUT2D eigenvalue weighted by atomic mass is 10.4. The quantitative estimate of drug-likeness (QED) is 0.900. The van der Waals surface area contributed by atoms with E-state index in [1.807, 2.05) is 25.3 Å². The van der Waals surface area contributed by atoms with E-state index in [0.29, 0.717) is 0 Å². The summed E-state index contributed by atoms with van der Waals surface area (Å²) in [6.07, 6.45) is 2.91. The molecule has 0 aliphatic heterocycles. The Morgan fingerprint density at radius 1 is 1.41 bits per heavy atom. The molecule has 0 radical (unpaired) electrons. The Bertz CT molecular complexity index is 484. The average molecular weight is 266 g/mol. The first-order valence-electron chi connectivity index (χ1n) is 5.46. The van der Waals surface area contributed by atoms with Crippen molar-refractivity contribution in [1.82, 2.24) is 15.2 Å². The molecule has 0 saturated carbocycles. The zero-order valence-electron chi connectivity index (χ0n) is 9.80. The molecule has 0 fully saturated rings. The predicted octanol–water partition coefficient (Wildman–Crippen LogP) is 3.21. The van der Waals surface area contributed by atoms with E-state index < -0.39 is 0 Å². The highest BCUT2D eigenvalue weighted by Crippen LogP contribution is 2.30. The summed E-state index contributed by atoms with van der Waals surface area (Å²) >= 11 is 3.23. The van der Waals surface area contributed by atoms with Gasteiger partial charge in [0.05, 0.1) is 0 Å². The molecule has 0 aliphatic carbocycles. The number of aromatic nitrogens is 3. The van der Waals surface area contributed by atoms with Crippen molar-refractivity contribution in [3.63, 3.8) is 0 Å². The maximum absolute atomic E-state index is 4.27. The summed E-state index contributed by atoms with van der Waals surface area (Å²) in [5, 5.41) is 12.4. The van der Waals surface area contributed by atoms with E-state index in [1.54, 1.807) is 23.1 Å². The Hall–Kier alpha value is -1.14. The first-order chi connectivity index (χ1) is 8.28. The van der Waals surface area contributed by atoms with Gasteiger partial charge in [-0.2, -0.15) is 0 Å². The average Bonchev–Trinajstić information content (AvgIpc) is 2.73. The molecule has 2 aromatic heterocycles. The van der Waals surface area contributed by atoms with Crippen molar-refractivity contribution in [2.45, 2.75) is 29.5 Å². The van der Waals surface area contributed by atoms with E-state index in [0.717, 1.165) is 33.0 Å². The normalized spacial score (nSPS) is 10.5. The maximum Gasteiger partial charge on any atom is 0.179 e. The van der Waals surface area contributed by atoms with Crippen LogP contribution in [0, 0.1) is 6.92 Å². The first kappa shape index (κ1) is 12.3. The minimum Gasteiger partial charge on any atom is -0.370 e. The monoisotopic (exact) mass is 266 g/mol. The fourth-order valence-corrected chi connectivity index (χ4v) is 3.06. The van der Waals surface area contributed by atoms with Crippen molar-refractivity contribution in [1.29, 1.82) is 0 Å². The van der Waals surface area contributed by atoms with Crippen molar-refractivity contribution in [3.05, 3.63) is 23.3 Å². The van der Waals surface area contributed by atoms with Gasteiger partial charge in [0.2, 0.25) is 0 Å². The highest BCUT2D eigenvalue weighted by molar-refractivity contribution is 8.01. The smallest absolute Gasteiger partial charge is 0.179 e. The summed E-state index contributed by atoms with van der Waals surface area (Å²) in [5.41, 5.74) is 0. The summed E-state index contributed by atoms with van der Waals surface area (Å²) in [5.74, 6) is 0.915. The van der Waals surface area contributed by atoms with Crippen LogP contribution >= 0.6 is 23.1 Å². The number of nitrogens with zero attached hydrogens (tertiary/aromatic N) is 3. The van der Waals surface area contributed by atoms with Crippen molar-refractivity contribution >= 4 is 28.9 Å². The lowest BCUT2D eigenvalue weighted by molar-refractivity contribution is 0.966. The third kappa shape index (κ3) is 3.67. The van der Waals surface area contributed by atoms with Gasteiger partial charge >= 0.3 is 0 Å². The minimum atomic E-state index is 0.915. The summed E-state index contributed by atoms with van der Waals surface area (Å²) < 4.78 is 0.968. The topological polar surface area (TPSA) is 50.7 Å². The van der Waals surface area contributed by atoms with Gasteiger partial charge < -0.3 is 5.32 Å². The van der Waals surface area contributed by atoms with Crippen LogP contribution in [0.3, 0.4) is 0 Å². The molecular weight excluding hydrogens is 252 g/mol. The van der Waals surface area contributed by atoms with Crippen molar-refractivity contribution < 1.29 is 0 Å². The molecule has 4 nitrogen and oxygen atoms in total. The van der Waals surface area contributed by atoms with E-state index >= 15 is 0 Å². The van der Waals surface area contributed by atoms with Gasteiger partial charge in [-0.3, -0.25) is 0 Å². The predicted molar refractivity (Wildman–Crippen MR) is 71.8 cm³/mol. The highest BCUT2D eigenvalue weighted by atomic mass is 32.2. The molecule has 90 valence electrons. The van der Waals surface area contributed by atoms with Gasteiger partial charge in [0, 0.05) is 17.6 Å². The van der Waals surface area contributed by atoms with Crippen molar-refractivity contribution in [2.24, 2.45) is 0 Å². The largest absolute Gasteiger partial charge is 0.370 e. The van der Waals surface area contributed by atoms with Crippen molar-refractivity contribution in [3.8, 4) is 0 Å². The van der Waals surface area contributed by atoms with E-state index in [4.69, 9.17) is 0 Å². The van der Waals surface area contributed by atoms with Crippen LogP contribution in [-0.2, 0) is 0 Å². The molecule has 2 heterocycles. The van der Waals surface area contributed by atoms with Gasteiger partial charge in [-0.25, -0.2) is 4.98 Å². The number of nitrogens with one attached hydrogen (secondary N) is 1. The third-order valence-corrected chi connectivity index (χ3v) is 3.88. The van der Waals surface area contributed by atoms with Crippen LogP contribution in [0.15, 0.2) is 27.6 Å². The van der Waals surface area contributed by atoms with Crippen LogP contribution in [0.2, 0.25) is 0 Å². The molecule has 0 aliphatic rings. The van der Waals surface area contributed by atoms with E-state index in [1.165, 1.54) is 0 Å². The van der Waals surface area contributed by atoms with Gasteiger partial charge in [0.1, 0.15) is 10.8 Å². The first-order valence-corrected chi connectivity index (χ1v) is 7.09. The molecular formula is C11H14N4S2. The van der Waals surface area contributed by atoms with Crippen LogP contribution in [-0.4, -0.2) is 21.7 Å². The lowest BCUT2D eigenvalue weighted by Crippen LogP contribution is -2.01. The molecule has 17 heavy (non-hydrogen) atoms. The molecule has 0 atom stereocenters. The Balaban J connectivity index is 2.05. The lowest BCUT2D eigenvalue weighted by Gasteiger charge is -2.04. The highest BCUT2D eigenvalue weighted by Gasteiger charge is 2.04. The maximum atomic E-state index is 4.27. The Morgan fingerprint density at radius 3 is 3.00 bits per heavy atom. The molecule has 6 heteroatoms. The van der Waals surface area contributed by atoms with Gasteiger partial charge in [-0.15, -0.1) is 10.2 Å². The van der Waals surface area contributed by atoms with Crippen LogP contribution in [0.4, 0.5) is 5.82 Å². The molecule has 0 aromatic carbocycles. The fraction of sp³-hybridized carbons (Fsp3) is 0.364. The summed E-state index contributed by atoms with van der Waals surface area (Å²) in [4.78, 5) is 5.40. The zero-order chi connectivity index (χ0) is 12.1. The number of anilines is 1. The molecule has 0 bridgehead atoms. The molecule has 2 rings (SSSR count). The summed E-state index contributed by atoms with van der Waals surface area (Å²) in [6.45, 7) is 5.04. The second-order valence-corrected chi connectivity index (χ2v) is 5.99. The van der Waals surface area contributed by atoms with Crippen molar-refractivity contribution in [2.75, 3.05) is 11.9 Å². The van der Waals surface area contributed by atoms with Gasteiger partial charge in [0.25, 0.3) is 0 Å². The number of aryl methyl sites for hydroxylation is 1. The van der Waals surface area contributed by atoms with Gasteiger partial charge in [-0.05, 0) is 25.5 Å². The summed E-state index contributed by atoms with van der Waals surface area (Å²) in [6, 6.07) is 4.02. The molecule has 0 amide bonds. The van der Waals surface area contributed by atoms with Crippen LogP contribution < -0.4 is 5.32 Å². The van der Waals surface area contributed by atoms with E-state index in [-0.39, 0.29) is 0 Å². The number of pyridine rings is 1. The Labute approximate surface area is 109 Å². The Kier molecular flexibility index (Phi) is 4.33. The number of hydrogen-bond acceptors (Lipinski definition) is 6. The molecule has 0 saturated heterocycles. The van der Waals surface area contributed by atoms with Crippen LogP contribution in [0.25, 0.3) is 0 Å². The second-order valence-electron chi connectivity index (χ2n) is 3.49. The molecule has 2 aromatic rings. The Morgan fingerprint density at radius 2 is 2.29 bits per heavy atom. The van der Waals surface area contributed by atoms with Gasteiger partial charge in [0.15, 0.2) is 4.34 Å². The summed E-state index contributed by atoms with van der Waals surface area (Å²) in [7, 11) is 0. The second kappa shape index (κ2) is 5.97. The molecule has 0 unspecified atom stereocenters. The number of rotatable bonds is 5. The number of hydrogen-bond donors (Lipinski definition) is 1. The minimum absolute atomic E-state index is 0.915. The van der Waals surface area contributed by atoms with E-state index in [9.17, 15) is 0 Å². The van der Waals surface area contributed by atoms with Crippen LogP contribution in [0.1, 0.15) is 18.4 Å². The standard InChI is InChI=1S/C11H14N4S2/c1-3-5-12-10-7-9(4-6-13-10)17-11-15-14-8(2)16-11/h4,6-7H,3,5H2,1-2H3,(H,12,13). The van der Waals surface area contributed by atoms with Gasteiger partial charge in [-0.1, -0.05) is 30.0 Å². The molecule has 1 N–H and O–H groups in total. The third-order valence-electron chi connectivity index (χ3n) is 2.00. The SMILES string of the molecule is CCCNc1cc(Sc2nnc(C)s2)ccn1. The fourth-order valence-electron chi connectivity index (χ4n) is 1.24. The zero-order valence-corrected chi connectivity index (χ0v) is 11.4. The molecule has 0 spiro atoms. The van der Waals surface area contributed by atoms with Crippen LogP contribution in [0.5, 0.6) is 0 Å². The van der Waals surface area contributed by atoms with E-state index in [2.05, 4.69) is 27.4 Å².